The molecule has 1 aliphatic rings. The van der Waals surface area contributed by atoms with Crippen LogP contribution in [0, 0.1) is 5.92 Å². The zero-order valence-corrected chi connectivity index (χ0v) is 5.45. The molecule has 3 atom stereocenters. The molecule has 1 heterocycles. The highest BCUT2D eigenvalue weighted by Gasteiger charge is 2.32. The Morgan fingerprint density at radius 2 is 2.22 bits per heavy atom. The van der Waals surface area contributed by atoms with Gasteiger partial charge in [0.15, 0.2) is 6.29 Å². The SMILES string of the molecule is CC[C@H]1C(O)CO[C@H]1O. The standard InChI is InChI=1S/C6H12O3/c1-2-4-5(7)3-9-6(4)8/h4-8H,2-3H2,1H3/t4-,5?,6+/m0/s1. The molecule has 0 spiro atoms. The fourth-order valence-corrected chi connectivity index (χ4v) is 1.11. The van der Waals surface area contributed by atoms with Crippen molar-refractivity contribution < 1.29 is 14.9 Å². The molecule has 1 rings (SSSR count). The van der Waals surface area contributed by atoms with Crippen molar-refractivity contribution in [2.75, 3.05) is 6.61 Å². The highest BCUT2D eigenvalue weighted by Crippen LogP contribution is 2.21. The molecule has 1 saturated heterocycles. The van der Waals surface area contributed by atoms with E-state index in [9.17, 15) is 0 Å². The maximum absolute atomic E-state index is 9.07. The Labute approximate surface area is 54.3 Å². The molecule has 54 valence electrons. The summed E-state index contributed by atoms with van der Waals surface area (Å²) < 4.78 is 4.77. The first-order valence-electron chi connectivity index (χ1n) is 3.23. The Morgan fingerprint density at radius 3 is 2.44 bits per heavy atom. The number of aliphatic hydroxyl groups is 2. The molecule has 0 radical (unpaired) electrons. The number of hydrogen-bond acceptors (Lipinski definition) is 3. The second-order valence-corrected chi connectivity index (χ2v) is 2.36. The van der Waals surface area contributed by atoms with Gasteiger partial charge in [0.1, 0.15) is 0 Å². The molecule has 1 unspecified atom stereocenters. The Balaban J connectivity index is 2.44. The highest BCUT2D eigenvalue weighted by atomic mass is 16.6. The van der Waals surface area contributed by atoms with E-state index >= 15 is 0 Å². The lowest BCUT2D eigenvalue weighted by Gasteiger charge is -2.11. The minimum Gasteiger partial charge on any atom is -0.390 e. The summed E-state index contributed by atoms with van der Waals surface area (Å²) in [6.45, 7) is 2.20. The molecule has 0 aromatic heterocycles. The minimum atomic E-state index is -0.745. The van der Waals surface area contributed by atoms with E-state index in [1.807, 2.05) is 6.92 Å². The van der Waals surface area contributed by atoms with Gasteiger partial charge in [0.25, 0.3) is 0 Å². The lowest BCUT2D eigenvalue weighted by atomic mass is 10.0. The van der Waals surface area contributed by atoms with E-state index in [1.54, 1.807) is 0 Å². The zero-order chi connectivity index (χ0) is 6.85. The molecular formula is C6H12O3. The third kappa shape index (κ3) is 1.23. The van der Waals surface area contributed by atoms with Crippen LogP contribution >= 0.6 is 0 Å². The summed E-state index contributed by atoms with van der Waals surface area (Å²) in [6.07, 6.45) is -0.447. The van der Waals surface area contributed by atoms with Crippen LogP contribution in [0.15, 0.2) is 0 Å². The first kappa shape index (κ1) is 6.99. The van der Waals surface area contributed by atoms with Gasteiger partial charge in [0.2, 0.25) is 0 Å². The smallest absolute Gasteiger partial charge is 0.160 e. The molecule has 1 fully saturated rings. The minimum absolute atomic E-state index is 0.0787. The van der Waals surface area contributed by atoms with Gasteiger partial charge in [-0.15, -0.1) is 0 Å². The predicted octanol–water partition coefficient (Wildman–Crippen LogP) is -0.278. The second kappa shape index (κ2) is 2.64. The van der Waals surface area contributed by atoms with Crippen molar-refractivity contribution in [2.24, 2.45) is 5.92 Å². The number of rotatable bonds is 1. The first-order chi connectivity index (χ1) is 4.25. The van der Waals surface area contributed by atoms with Crippen LogP contribution in [0.1, 0.15) is 13.3 Å². The van der Waals surface area contributed by atoms with E-state index < -0.39 is 12.4 Å². The molecule has 0 saturated carbocycles. The Hall–Kier alpha value is -0.120. The Morgan fingerprint density at radius 1 is 1.56 bits per heavy atom. The fraction of sp³-hybridized carbons (Fsp3) is 1.00. The van der Waals surface area contributed by atoms with Crippen molar-refractivity contribution in [1.82, 2.24) is 0 Å². The third-order valence-corrected chi connectivity index (χ3v) is 1.77. The first-order valence-corrected chi connectivity index (χ1v) is 3.23. The zero-order valence-electron chi connectivity index (χ0n) is 5.45. The summed E-state index contributed by atoms with van der Waals surface area (Å²) in [4.78, 5) is 0. The van der Waals surface area contributed by atoms with Crippen LogP contribution in [-0.4, -0.2) is 29.2 Å². The average Bonchev–Trinajstić information content (AvgIpc) is 2.12. The molecule has 0 amide bonds. The van der Waals surface area contributed by atoms with E-state index in [1.165, 1.54) is 0 Å². The predicted molar refractivity (Wildman–Crippen MR) is 31.7 cm³/mol. The molecular weight excluding hydrogens is 120 g/mol. The maximum Gasteiger partial charge on any atom is 0.160 e. The topological polar surface area (TPSA) is 49.7 Å². The molecule has 9 heavy (non-hydrogen) atoms. The number of hydrogen-bond donors (Lipinski definition) is 2. The van der Waals surface area contributed by atoms with Crippen LogP contribution in [0.2, 0.25) is 0 Å². The average molecular weight is 132 g/mol. The van der Waals surface area contributed by atoms with Crippen LogP contribution in [0.4, 0.5) is 0 Å². The van der Waals surface area contributed by atoms with Crippen molar-refractivity contribution in [3.8, 4) is 0 Å². The van der Waals surface area contributed by atoms with Gasteiger partial charge in [0.05, 0.1) is 12.7 Å². The van der Waals surface area contributed by atoms with Gasteiger partial charge in [0, 0.05) is 5.92 Å². The van der Waals surface area contributed by atoms with Gasteiger partial charge < -0.3 is 14.9 Å². The van der Waals surface area contributed by atoms with E-state index in [-0.39, 0.29) is 12.5 Å². The summed E-state index contributed by atoms with van der Waals surface area (Å²) in [5.41, 5.74) is 0. The largest absolute Gasteiger partial charge is 0.390 e. The van der Waals surface area contributed by atoms with Crippen LogP contribution in [0.3, 0.4) is 0 Å². The van der Waals surface area contributed by atoms with E-state index in [0.717, 1.165) is 6.42 Å². The summed E-state index contributed by atoms with van der Waals surface area (Å²) in [5.74, 6) is -0.0787. The van der Waals surface area contributed by atoms with E-state index in [4.69, 9.17) is 14.9 Å². The van der Waals surface area contributed by atoms with Gasteiger partial charge in [-0.05, 0) is 6.42 Å². The van der Waals surface area contributed by atoms with Gasteiger partial charge in [-0.2, -0.15) is 0 Å². The van der Waals surface area contributed by atoms with Crippen molar-refractivity contribution in [3.05, 3.63) is 0 Å². The number of ether oxygens (including phenoxy) is 1. The lowest BCUT2D eigenvalue weighted by molar-refractivity contribution is -0.0829. The van der Waals surface area contributed by atoms with Gasteiger partial charge in [-0.3, -0.25) is 0 Å². The van der Waals surface area contributed by atoms with Gasteiger partial charge in [-0.25, -0.2) is 0 Å². The van der Waals surface area contributed by atoms with E-state index in [2.05, 4.69) is 0 Å². The fourth-order valence-electron chi connectivity index (χ4n) is 1.11. The Bertz CT molecular complexity index is 84.3. The summed E-state index contributed by atoms with van der Waals surface area (Å²) >= 11 is 0. The highest BCUT2D eigenvalue weighted by molar-refractivity contribution is 4.75. The third-order valence-electron chi connectivity index (χ3n) is 1.77. The molecule has 0 aliphatic carbocycles. The number of aliphatic hydroxyl groups excluding tert-OH is 2. The molecule has 0 aromatic rings. The van der Waals surface area contributed by atoms with Crippen LogP contribution in [0.25, 0.3) is 0 Å². The molecule has 0 aromatic carbocycles. The summed E-state index contributed by atoms with van der Waals surface area (Å²) in [7, 11) is 0. The second-order valence-electron chi connectivity index (χ2n) is 2.36. The van der Waals surface area contributed by atoms with Crippen molar-refractivity contribution in [1.29, 1.82) is 0 Å². The Kier molecular flexibility index (Phi) is 2.05. The normalized spacial score (nSPS) is 43.7. The molecule has 1 aliphatic heterocycles. The molecule has 3 nitrogen and oxygen atoms in total. The van der Waals surface area contributed by atoms with Gasteiger partial charge in [-0.1, -0.05) is 6.92 Å². The summed E-state index contributed by atoms with van der Waals surface area (Å²) in [5, 5.41) is 18.1. The molecule has 0 bridgehead atoms. The summed E-state index contributed by atoms with van der Waals surface area (Å²) in [6, 6.07) is 0. The lowest BCUT2D eigenvalue weighted by Crippen LogP contribution is -2.22. The van der Waals surface area contributed by atoms with Crippen LogP contribution in [0.5, 0.6) is 0 Å². The monoisotopic (exact) mass is 132 g/mol. The van der Waals surface area contributed by atoms with Crippen LogP contribution in [-0.2, 0) is 4.74 Å². The molecule has 3 heteroatoms. The van der Waals surface area contributed by atoms with Crippen molar-refractivity contribution in [2.45, 2.75) is 25.7 Å². The van der Waals surface area contributed by atoms with E-state index in [0.29, 0.717) is 0 Å². The van der Waals surface area contributed by atoms with Crippen LogP contribution < -0.4 is 0 Å². The van der Waals surface area contributed by atoms with Crippen molar-refractivity contribution >= 4 is 0 Å². The van der Waals surface area contributed by atoms with Crippen molar-refractivity contribution in [3.63, 3.8) is 0 Å². The maximum atomic E-state index is 9.07. The quantitative estimate of drug-likeness (QED) is 0.516. The van der Waals surface area contributed by atoms with Gasteiger partial charge >= 0.3 is 0 Å². The molecule has 2 N–H and O–H groups in total.